The number of fused-ring (bicyclic) bond motifs is 1. The highest BCUT2D eigenvalue weighted by molar-refractivity contribution is 5.72. The average Bonchev–Trinajstić information content (AvgIpc) is 2.81. The van der Waals surface area contributed by atoms with E-state index in [1.54, 1.807) is 10.7 Å². The molecule has 1 atom stereocenters. The molecule has 0 aliphatic carbocycles. The quantitative estimate of drug-likeness (QED) is 0.789. The number of anilines is 1. The Morgan fingerprint density at radius 1 is 1.42 bits per heavy atom. The Balaban J connectivity index is 1.96. The molecular formula is C13H14N4O2. The lowest BCUT2D eigenvalue weighted by molar-refractivity contribution is -0.142. The van der Waals surface area contributed by atoms with Gasteiger partial charge in [-0.25, -0.2) is 9.67 Å². The molecule has 0 bridgehead atoms. The zero-order chi connectivity index (χ0) is 13.4. The molecule has 0 fully saturated rings. The smallest absolute Gasteiger partial charge is 0.307 e. The molecule has 1 aromatic carbocycles. The Hall–Kier alpha value is -2.37. The van der Waals surface area contributed by atoms with Crippen LogP contribution in [0.1, 0.15) is 12.2 Å². The van der Waals surface area contributed by atoms with E-state index < -0.39 is 5.97 Å². The molecule has 98 valence electrons. The van der Waals surface area contributed by atoms with Crippen LogP contribution in [-0.4, -0.2) is 25.8 Å². The summed E-state index contributed by atoms with van der Waals surface area (Å²) in [5.74, 6) is 0.156. The van der Waals surface area contributed by atoms with E-state index in [4.69, 9.17) is 10.8 Å². The van der Waals surface area contributed by atoms with Gasteiger partial charge in [0.1, 0.15) is 5.82 Å². The van der Waals surface area contributed by atoms with E-state index in [0.717, 1.165) is 11.4 Å². The van der Waals surface area contributed by atoms with Gasteiger partial charge in [-0.1, -0.05) is 12.1 Å². The summed E-state index contributed by atoms with van der Waals surface area (Å²) in [5, 5.41) is 13.5. The van der Waals surface area contributed by atoms with Gasteiger partial charge in [0.2, 0.25) is 0 Å². The first-order chi connectivity index (χ1) is 9.15. The van der Waals surface area contributed by atoms with Gasteiger partial charge < -0.3 is 10.8 Å². The van der Waals surface area contributed by atoms with Crippen molar-refractivity contribution in [1.82, 2.24) is 14.8 Å². The Labute approximate surface area is 109 Å². The third-order valence-corrected chi connectivity index (χ3v) is 3.42. The lowest BCUT2D eigenvalue weighted by atomic mass is 9.98. The van der Waals surface area contributed by atoms with Crippen molar-refractivity contribution in [3.05, 3.63) is 30.1 Å². The number of hydrogen-bond acceptors (Lipinski definition) is 4. The van der Waals surface area contributed by atoms with Crippen molar-refractivity contribution in [2.45, 2.75) is 19.4 Å². The molecule has 3 rings (SSSR count). The molecule has 6 nitrogen and oxygen atoms in total. The lowest BCUT2D eigenvalue weighted by Gasteiger charge is -2.17. The number of aryl methyl sites for hydroxylation is 1. The first kappa shape index (κ1) is 11.7. The molecule has 6 heteroatoms. The van der Waals surface area contributed by atoms with Crippen molar-refractivity contribution < 1.29 is 9.90 Å². The topological polar surface area (TPSA) is 94.0 Å². The molecule has 2 heterocycles. The fourth-order valence-electron chi connectivity index (χ4n) is 2.33. The van der Waals surface area contributed by atoms with Gasteiger partial charge in [-0.15, -0.1) is 0 Å². The number of benzene rings is 1. The van der Waals surface area contributed by atoms with Gasteiger partial charge in [-0.3, -0.25) is 4.79 Å². The zero-order valence-electron chi connectivity index (χ0n) is 10.3. The van der Waals surface area contributed by atoms with Crippen molar-refractivity contribution >= 4 is 11.7 Å². The Morgan fingerprint density at radius 2 is 2.21 bits per heavy atom. The van der Waals surface area contributed by atoms with Gasteiger partial charge in [0.05, 0.1) is 5.92 Å². The average molecular weight is 258 g/mol. The number of nitrogens with zero attached hydrogens (tertiary/aromatic N) is 3. The maximum Gasteiger partial charge on any atom is 0.307 e. The molecule has 1 aliphatic heterocycles. The van der Waals surface area contributed by atoms with Gasteiger partial charge in [0, 0.05) is 24.2 Å². The van der Waals surface area contributed by atoms with Crippen LogP contribution >= 0.6 is 0 Å². The molecule has 0 saturated heterocycles. The van der Waals surface area contributed by atoms with Gasteiger partial charge in [0.25, 0.3) is 0 Å². The monoisotopic (exact) mass is 258 g/mol. The molecule has 1 aliphatic rings. The lowest BCUT2D eigenvalue weighted by Crippen LogP contribution is -2.26. The number of hydrogen-bond donors (Lipinski definition) is 2. The summed E-state index contributed by atoms with van der Waals surface area (Å²) in [6.07, 6.45) is 1.02. The largest absolute Gasteiger partial charge is 0.481 e. The summed E-state index contributed by atoms with van der Waals surface area (Å²) in [5.41, 5.74) is 7.32. The van der Waals surface area contributed by atoms with E-state index in [9.17, 15) is 4.79 Å². The van der Waals surface area contributed by atoms with E-state index in [1.807, 2.05) is 18.2 Å². The van der Waals surface area contributed by atoms with Crippen molar-refractivity contribution in [2.75, 3.05) is 5.73 Å². The first-order valence-corrected chi connectivity index (χ1v) is 6.16. The molecular weight excluding hydrogens is 244 g/mol. The van der Waals surface area contributed by atoms with Crippen molar-refractivity contribution in [1.29, 1.82) is 0 Å². The molecule has 1 unspecified atom stereocenters. The van der Waals surface area contributed by atoms with Crippen LogP contribution in [0.5, 0.6) is 0 Å². The molecule has 0 amide bonds. The van der Waals surface area contributed by atoms with Crippen LogP contribution in [0.15, 0.2) is 24.3 Å². The summed E-state index contributed by atoms with van der Waals surface area (Å²) in [4.78, 5) is 15.4. The van der Waals surface area contributed by atoms with Crippen LogP contribution in [0.4, 0.5) is 5.69 Å². The minimum absolute atomic E-state index is 0.363. The number of nitrogens with two attached hydrogens (primary N) is 1. The molecule has 2 aromatic rings. The van der Waals surface area contributed by atoms with Crippen LogP contribution in [0.3, 0.4) is 0 Å². The fraction of sp³-hybridized carbons (Fsp3) is 0.308. The molecule has 3 N–H and O–H groups in total. The van der Waals surface area contributed by atoms with Gasteiger partial charge >= 0.3 is 5.97 Å². The van der Waals surface area contributed by atoms with Crippen LogP contribution in [0.2, 0.25) is 0 Å². The molecule has 0 saturated carbocycles. The molecule has 0 radical (unpaired) electrons. The second kappa shape index (κ2) is 4.38. The summed E-state index contributed by atoms with van der Waals surface area (Å²) in [6.45, 7) is 0.589. The number of rotatable bonds is 2. The molecule has 0 spiro atoms. The molecule has 19 heavy (non-hydrogen) atoms. The predicted molar refractivity (Wildman–Crippen MR) is 69.3 cm³/mol. The normalized spacial score (nSPS) is 18.0. The second-order valence-corrected chi connectivity index (χ2v) is 4.69. The third-order valence-electron chi connectivity index (χ3n) is 3.42. The number of nitrogen functional groups attached to an aromatic ring is 1. The van der Waals surface area contributed by atoms with E-state index in [2.05, 4.69) is 10.1 Å². The van der Waals surface area contributed by atoms with Crippen LogP contribution < -0.4 is 5.73 Å². The van der Waals surface area contributed by atoms with Crippen molar-refractivity contribution in [3.63, 3.8) is 0 Å². The Morgan fingerprint density at radius 3 is 2.95 bits per heavy atom. The van der Waals surface area contributed by atoms with Gasteiger partial charge in [0.15, 0.2) is 5.82 Å². The highest BCUT2D eigenvalue weighted by Gasteiger charge is 2.27. The number of para-hydroxylation sites is 1. The number of aromatic nitrogens is 3. The van der Waals surface area contributed by atoms with Crippen molar-refractivity contribution in [2.24, 2.45) is 5.92 Å². The van der Waals surface area contributed by atoms with Crippen LogP contribution in [0.25, 0.3) is 11.4 Å². The van der Waals surface area contributed by atoms with E-state index in [1.165, 1.54) is 0 Å². The summed E-state index contributed by atoms with van der Waals surface area (Å²) >= 11 is 0. The van der Waals surface area contributed by atoms with E-state index >= 15 is 0 Å². The Bertz CT molecular complexity index is 635. The number of aliphatic carboxylic acids is 1. The number of carbonyl (C=O) groups is 1. The van der Waals surface area contributed by atoms with Crippen molar-refractivity contribution in [3.8, 4) is 11.4 Å². The highest BCUT2D eigenvalue weighted by atomic mass is 16.4. The maximum atomic E-state index is 11.0. The highest BCUT2D eigenvalue weighted by Crippen LogP contribution is 2.26. The Kier molecular flexibility index (Phi) is 2.70. The third kappa shape index (κ3) is 2.05. The maximum absolute atomic E-state index is 11.0. The fourth-order valence-corrected chi connectivity index (χ4v) is 2.33. The minimum Gasteiger partial charge on any atom is -0.481 e. The summed E-state index contributed by atoms with van der Waals surface area (Å²) in [6, 6.07) is 7.40. The standard InChI is InChI=1S/C13H14N4O2/c14-10-4-2-1-3-9(10)12-15-11-7-8(13(18)19)5-6-17(11)16-12/h1-4,8H,5-7,14H2,(H,18,19). The second-order valence-electron chi connectivity index (χ2n) is 4.69. The predicted octanol–water partition coefficient (Wildman–Crippen LogP) is 1.17. The summed E-state index contributed by atoms with van der Waals surface area (Å²) in [7, 11) is 0. The molecule has 1 aromatic heterocycles. The van der Waals surface area contributed by atoms with Gasteiger partial charge in [-0.2, -0.15) is 5.10 Å². The number of carboxylic acid groups (broad SMARTS) is 1. The summed E-state index contributed by atoms with van der Waals surface area (Å²) < 4.78 is 1.78. The van der Waals surface area contributed by atoms with Crippen LogP contribution in [0, 0.1) is 5.92 Å². The van der Waals surface area contributed by atoms with Gasteiger partial charge in [-0.05, 0) is 18.6 Å². The van der Waals surface area contributed by atoms with Crippen LogP contribution in [-0.2, 0) is 17.8 Å². The first-order valence-electron chi connectivity index (χ1n) is 6.16. The number of carboxylic acids is 1. The zero-order valence-corrected chi connectivity index (χ0v) is 10.3. The SMILES string of the molecule is Nc1ccccc1-c1nc2n(n1)CCC(C(=O)O)C2. The minimum atomic E-state index is -0.768. The van der Waals surface area contributed by atoms with E-state index in [0.29, 0.717) is 30.9 Å². The van der Waals surface area contributed by atoms with E-state index in [-0.39, 0.29) is 5.92 Å².